The molecule has 0 aliphatic carbocycles. The van der Waals surface area contributed by atoms with Gasteiger partial charge >= 0.3 is 0 Å². The highest BCUT2D eigenvalue weighted by Gasteiger charge is 2.19. The number of hydrogen-bond acceptors (Lipinski definition) is 3. The van der Waals surface area contributed by atoms with E-state index in [1.165, 1.54) is 28.6 Å². The minimum atomic E-state index is 0.669. The van der Waals surface area contributed by atoms with Crippen LogP contribution in [-0.2, 0) is 0 Å². The molecule has 17 heavy (non-hydrogen) atoms. The van der Waals surface area contributed by atoms with Gasteiger partial charge in [0.15, 0.2) is 0 Å². The van der Waals surface area contributed by atoms with E-state index >= 15 is 0 Å². The molecule has 1 aromatic heterocycles. The van der Waals surface area contributed by atoms with Crippen molar-refractivity contribution in [3.8, 4) is 0 Å². The molecule has 2 nitrogen and oxygen atoms in total. The van der Waals surface area contributed by atoms with Crippen molar-refractivity contribution in [3.05, 3.63) is 30.0 Å². The van der Waals surface area contributed by atoms with Crippen LogP contribution in [0.1, 0.15) is 38.3 Å². The van der Waals surface area contributed by atoms with E-state index in [1.54, 1.807) is 11.5 Å². The number of hydrogen-bond donors (Lipinski definition) is 1. The molecule has 0 radical (unpaired) electrons. The lowest BCUT2D eigenvalue weighted by molar-refractivity contribution is 0.457. The maximum Gasteiger partial charge on any atom is 0.0652 e. The zero-order chi connectivity index (χ0) is 12.1. The standard InChI is InChI=1S/C12H14N2S.C2H6/c1-2-4-11-10(3-1)12(14-15-11)9-5-7-13-8-6-9;1-2/h1-4,9,13H,5-8H2;1-2H3. The van der Waals surface area contributed by atoms with Crippen LogP contribution in [0.15, 0.2) is 24.3 Å². The maximum atomic E-state index is 4.63. The Morgan fingerprint density at radius 1 is 1.18 bits per heavy atom. The van der Waals surface area contributed by atoms with E-state index in [4.69, 9.17) is 0 Å². The van der Waals surface area contributed by atoms with Gasteiger partial charge in [-0.1, -0.05) is 32.0 Å². The highest BCUT2D eigenvalue weighted by atomic mass is 32.1. The summed E-state index contributed by atoms with van der Waals surface area (Å²) in [6, 6.07) is 8.57. The SMILES string of the molecule is CC.c1ccc2c(C3CCNCC3)nsc2c1. The fourth-order valence-electron chi connectivity index (χ4n) is 2.30. The molecule has 1 saturated heterocycles. The molecule has 2 aromatic rings. The summed E-state index contributed by atoms with van der Waals surface area (Å²) in [6.07, 6.45) is 2.46. The van der Waals surface area contributed by atoms with Gasteiger partial charge in [-0.05, 0) is 43.5 Å². The molecule has 1 fully saturated rings. The largest absolute Gasteiger partial charge is 0.317 e. The summed E-state index contributed by atoms with van der Waals surface area (Å²) in [6.45, 7) is 6.27. The van der Waals surface area contributed by atoms with Crippen molar-refractivity contribution >= 4 is 21.6 Å². The van der Waals surface area contributed by atoms with E-state index in [-0.39, 0.29) is 0 Å². The van der Waals surface area contributed by atoms with Crippen molar-refractivity contribution in [2.24, 2.45) is 0 Å². The lowest BCUT2D eigenvalue weighted by Crippen LogP contribution is -2.26. The Labute approximate surface area is 107 Å². The molecule has 0 saturated carbocycles. The number of benzene rings is 1. The summed E-state index contributed by atoms with van der Waals surface area (Å²) < 4.78 is 5.96. The normalized spacial score (nSPS) is 16.6. The molecule has 0 bridgehead atoms. The molecule has 0 amide bonds. The quantitative estimate of drug-likeness (QED) is 0.830. The van der Waals surface area contributed by atoms with Crippen molar-refractivity contribution in [1.29, 1.82) is 0 Å². The first-order valence-electron chi connectivity index (χ1n) is 6.50. The van der Waals surface area contributed by atoms with E-state index in [0.29, 0.717) is 5.92 Å². The topological polar surface area (TPSA) is 24.9 Å². The van der Waals surface area contributed by atoms with E-state index in [2.05, 4.69) is 34.0 Å². The Morgan fingerprint density at radius 3 is 2.65 bits per heavy atom. The van der Waals surface area contributed by atoms with Crippen molar-refractivity contribution in [3.63, 3.8) is 0 Å². The van der Waals surface area contributed by atoms with Gasteiger partial charge in [0.2, 0.25) is 0 Å². The minimum Gasteiger partial charge on any atom is -0.317 e. The molecule has 92 valence electrons. The van der Waals surface area contributed by atoms with Gasteiger partial charge in [0.1, 0.15) is 0 Å². The average Bonchev–Trinajstić information content (AvgIpc) is 2.86. The van der Waals surface area contributed by atoms with Gasteiger partial charge in [-0.15, -0.1) is 0 Å². The third-order valence-corrected chi connectivity index (χ3v) is 3.97. The molecule has 0 atom stereocenters. The second-order valence-electron chi connectivity index (χ2n) is 4.09. The molecule has 0 spiro atoms. The molecular weight excluding hydrogens is 228 g/mol. The van der Waals surface area contributed by atoms with E-state index < -0.39 is 0 Å². The fourth-order valence-corrected chi connectivity index (χ4v) is 3.15. The number of rotatable bonds is 1. The van der Waals surface area contributed by atoms with Crippen molar-refractivity contribution < 1.29 is 0 Å². The highest BCUT2D eigenvalue weighted by molar-refractivity contribution is 7.13. The van der Waals surface area contributed by atoms with Crippen molar-refractivity contribution in [2.75, 3.05) is 13.1 Å². The zero-order valence-electron chi connectivity index (χ0n) is 10.6. The Kier molecular flexibility index (Phi) is 4.51. The van der Waals surface area contributed by atoms with Gasteiger partial charge in [0.25, 0.3) is 0 Å². The number of aromatic nitrogens is 1. The van der Waals surface area contributed by atoms with Gasteiger partial charge in [0, 0.05) is 11.3 Å². The Hall–Kier alpha value is -0.930. The first kappa shape index (κ1) is 12.5. The third-order valence-electron chi connectivity index (χ3n) is 3.13. The van der Waals surface area contributed by atoms with Crippen LogP contribution in [0, 0.1) is 0 Å². The molecule has 3 rings (SSSR count). The van der Waals surface area contributed by atoms with Gasteiger partial charge in [-0.3, -0.25) is 0 Å². The van der Waals surface area contributed by atoms with Gasteiger partial charge in [-0.2, -0.15) is 4.37 Å². The molecule has 1 aliphatic rings. The lowest BCUT2D eigenvalue weighted by Gasteiger charge is -2.21. The van der Waals surface area contributed by atoms with Crippen LogP contribution in [0.4, 0.5) is 0 Å². The van der Waals surface area contributed by atoms with Crippen LogP contribution in [0.3, 0.4) is 0 Å². The van der Waals surface area contributed by atoms with Crippen LogP contribution in [0.2, 0.25) is 0 Å². The predicted molar refractivity (Wildman–Crippen MR) is 75.8 cm³/mol. The van der Waals surface area contributed by atoms with Crippen LogP contribution >= 0.6 is 11.5 Å². The number of piperidine rings is 1. The fraction of sp³-hybridized carbons (Fsp3) is 0.500. The summed E-state index contributed by atoms with van der Waals surface area (Å²) in [5.74, 6) is 0.669. The second-order valence-corrected chi connectivity index (χ2v) is 4.89. The Balaban J connectivity index is 0.000000514. The van der Waals surface area contributed by atoms with Gasteiger partial charge < -0.3 is 5.32 Å². The van der Waals surface area contributed by atoms with Crippen molar-refractivity contribution in [2.45, 2.75) is 32.6 Å². The Morgan fingerprint density at radius 2 is 1.88 bits per heavy atom. The number of fused-ring (bicyclic) bond motifs is 1. The summed E-state index contributed by atoms with van der Waals surface area (Å²) >= 11 is 1.64. The van der Waals surface area contributed by atoms with E-state index in [0.717, 1.165) is 13.1 Å². The summed E-state index contributed by atoms with van der Waals surface area (Å²) in [5.41, 5.74) is 1.33. The molecule has 0 unspecified atom stereocenters. The predicted octanol–water partition coefficient (Wildman–Crippen LogP) is 3.79. The molecular formula is C14H20N2S. The highest BCUT2D eigenvalue weighted by Crippen LogP contribution is 2.32. The second kappa shape index (κ2) is 6.12. The summed E-state index contributed by atoms with van der Waals surface area (Å²) in [4.78, 5) is 0. The molecule has 2 heterocycles. The smallest absolute Gasteiger partial charge is 0.0652 e. The first-order chi connectivity index (χ1) is 8.45. The van der Waals surface area contributed by atoms with Gasteiger partial charge in [-0.25, -0.2) is 0 Å². The average molecular weight is 248 g/mol. The molecule has 1 N–H and O–H groups in total. The van der Waals surface area contributed by atoms with Crippen LogP contribution in [0.5, 0.6) is 0 Å². The van der Waals surface area contributed by atoms with Crippen molar-refractivity contribution in [1.82, 2.24) is 9.69 Å². The van der Waals surface area contributed by atoms with Crippen LogP contribution < -0.4 is 5.32 Å². The Bertz CT molecular complexity index is 458. The molecule has 3 heteroatoms. The third kappa shape index (κ3) is 2.67. The lowest BCUT2D eigenvalue weighted by atomic mass is 9.93. The minimum absolute atomic E-state index is 0.669. The monoisotopic (exact) mass is 248 g/mol. The molecule has 1 aliphatic heterocycles. The van der Waals surface area contributed by atoms with Gasteiger partial charge in [0.05, 0.1) is 10.4 Å². The molecule has 1 aromatic carbocycles. The number of nitrogens with one attached hydrogen (secondary N) is 1. The van der Waals surface area contributed by atoms with Crippen LogP contribution in [0.25, 0.3) is 10.1 Å². The van der Waals surface area contributed by atoms with Crippen LogP contribution in [-0.4, -0.2) is 17.5 Å². The zero-order valence-corrected chi connectivity index (χ0v) is 11.4. The van der Waals surface area contributed by atoms with E-state index in [1.807, 2.05) is 13.8 Å². The maximum absolute atomic E-state index is 4.63. The summed E-state index contributed by atoms with van der Waals surface area (Å²) in [5, 5.41) is 4.77. The summed E-state index contributed by atoms with van der Waals surface area (Å²) in [7, 11) is 0. The van der Waals surface area contributed by atoms with E-state index in [9.17, 15) is 0 Å². The number of nitrogens with zero attached hydrogens (tertiary/aromatic N) is 1. The first-order valence-corrected chi connectivity index (χ1v) is 7.27.